The molecule has 0 aliphatic rings. The van der Waals surface area contributed by atoms with Gasteiger partial charge in [0.05, 0.1) is 0 Å². The van der Waals surface area contributed by atoms with Crippen molar-refractivity contribution in [3.63, 3.8) is 0 Å². The largest absolute Gasteiger partial charge is 0.353 e. The van der Waals surface area contributed by atoms with Gasteiger partial charge in [-0.05, 0) is 20.8 Å². The lowest BCUT2D eigenvalue weighted by Gasteiger charge is -2.30. The minimum atomic E-state index is -1.72. The lowest BCUT2D eigenvalue weighted by atomic mass is 10.1. The Bertz CT molecular complexity index is 105. The van der Waals surface area contributed by atoms with E-state index in [0.29, 0.717) is 0 Å². The zero-order valence-corrected chi connectivity index (χ0v) is 7.10. The van der Waals surface area contributed by atoms with E-state index in [0.717, 1.165) is 0 Å². The van der Waals surface area contributed by atoms with Crippen LogP contribution < -0.4 is 5.32 Å². The van der Waals surface area contributed by atoms with Crippen LogP contribution in [0, 0.1) is 0 Å². The molecule has 3 nitrogen and oxygen atoms in total. The van der Waals surface area contributed by atoms with Gasteiger partial charge in [-0.25, -0.2) is 0 Å². The highest BCUT2D eigenvalue weighted by molar-refractivity contribution is 4.74. The maximum atomic E-state index is 9.10. The SMILES string of the molecule is CCC(O)(O)NC(C)(C)C. The van der Waals surface area contributed by atoms with Gasteiger partial charge in [-0.2, -0.15) is 0 Å². The van der Waals surface area contributed by atoms with Gasteiger partial charge in [0, 0.05) is 12.0 Å². The van der Waals surface area contributed by atoms with Crippen LogP contribution in [0.1, 0.15) is 34.1 Å². The average Bonchev–Trinajstić information content (AvgIpc) is 1.60. The topological polar surface area (TPSA) is 52.5 Å². The van der Waals surface area contributed by atoms with Gasteiger partial charge in [0.2, 0.25) is 5.91 Å². The summed E-state index contributed by atoms with van der Waals surface area (Å²) in [5.41, 5.74) is -0.264. The van der Waals surface area contributed by atoms with Gasteiger partial charge in [0.25, 0.3) is 0 Å². The molecule has 0 aliphatic heterocycles. The lowest BCUT2D eigenvalue weighted by molar-refractivity contribution is -0.198. The molecule has 0 saturated carbocycles. The fraction of sp³-hybridized carbons (Fsp3) is 1.00. The molecule has 0 unspecified atom stereocenters. The van der Waals surface area contributed by atoms with Crippen molar-refractivity contribution in [2.45, 2.75) is 45.6 Å². The molecule has 0 aromatic carbocycles. The molecule has 0 aromatic heterocycles. The molecule has 0 saturated heterocycles. The van der Waals surface area contributed by atoms with E-state index in [9.17, 15) is 0 Å². The Hall–Kier alpha value is -0.120. The third-order valence-electron chi connectivity index (χ3n) is 1.07. The van der Waals surface area contributed by atoms with Gasteiger partial charge in [0.15, 0.2) is 0 Å². The minimum Gasteiger partial charge on any atom is -0.353 e. The summed E-state index contributed by atoms with van der Waals surface area (Å²) < 4.78 is 0. The summed E-state index contributed by atoms with van der Waals surface area (Å²) in [6, 6.07) is 0. The zero-order chi connectivity index (χ0) is 8.41. The van der Waals surface area contributed by atoms with E-state index in [4.69, 9.17) is 10.2 Å². The van der Waals surface area contributed by atoms with Crippen molar-refractivity contribution >= 4 is 0 Å². The Kier molecular flexibility index (Phi) is 2.83. The van der Waals surface area contributed by atoms with Crippen molar-refractivity contribution in [2.24, 2.45) is 0 Å². The van der Waals surface area contributed by atoms with Crippen LogP contribution in [0.2, 0.25) is 0 Å². The molecular weight excluding hydrogens is 130 g/mol. The average molecular weight is 147 g/mol. The molecule has 0 aromatic rings. The molecule has 0 radical (unpaired) electrons. The monoisotopic (exact) mass is 147 g/mol. The van der Waals surface area contributed by atoms with E-state index in [2.05, 4.69) is 5.32 Å². The van der Waals surface area contributed by atoms with Crippen molar-refractivity contribution in [1.29, 1.82) is 0 Å². The Morgan fingerprint density at radius 3 is 1.70 bits per heavy atom. The van der Waals surface area contributed by atoms with Gasteiger partial charge < -0.3 is 10.2 Å². The molecule has 0 heterocycles. The van der Waals surface area contributed by atoms with Crippen molar-refractivity contribution in [3.05, 3.63) is 0 Å². The quantitative estimate of drug-likeness (QED) is 0.496. The van der Waals surface area contributed by atoms with Crippen LogP contribution in [0.15, 0.2) is 0 Å². The Morgan fingerprint density at radius 1 is 1.20 bits per heavy atom. The van der Waals surface area contributed by atoms with Crippen LogP contribution in [0.5, 0.6) is 0 Å². The summed E-state index contributed by atoms with van der Waals surface area (Å²) in [5.74, 6) is -1.72. The highest BCUT2D eigenvalue weighted by Crippen LogP contribution is 2.08. The van der Waals surface area contributed by atoms with Crippen LogP contribution in [-0.4, -0.2) is 21.7 Å². The van der Waals surface area contributed by atoms with Crippen LogP contribution in [0.3, 0.4) is 0 Å². The van der Waals surface area contributed by atoms with Crippen LogP contribution >= 0.6 is 0 Å². The van der Waals surface area contributed by atoms with Crippen LogP contribution in [0.25, 0.3) is 0 Å². The minimum absolute atomic E-state index is 0.264. The van der Waals surface area contributed by atoms with Crippen molar-refractivity contribution < 1.29 is 10.2 Å². The first-order valence-corrected chi connectivity index (χ1v) is 3.51. The predicted molar refractivity (Wildman–Crippen MR) is 40.3 cm³/mol. The molecule has 3 N–H and O–H groups in total. The van der Waals surface area contributed by atoms with E-state index in [1.165, 1.54) is 0 Å². The highest BCUT2D eigenvalue weighted by Gasteiger charge is 2.25. The van der Waals surface area contributed by atoms with Crippen molar-refractivity contribution in [2.75, 3.05) is 0 Å². The summed E-state index contributed by atoms with van der Waals surface area (Å²) in [7, 11) is 0. The summed E-state index contributed by atoms with van der Waals surface area (Å²) in [6.45, 7) is 7.34. The number of hydrogen-bond acceptors (Lipinski definition) is 3. The van der Waals surface area contributed by atoms with Gasteiger partial charge in [-0.1, -0.05) is 6.92 Å². The molecule has 0 amide bonds. The second-order valence-corrected chi connectivity index (χ2v) is 3.55. The third-order valence-corrected chi connectivity index (χ3v) is 1.07. The van der Waals surface area contributed by atoms with Crippen LogP contribution in [0.4, 0.5) is 0 Å². The number of rotatable bonds is 2. The van der Waals surface area contributed by atoms with Crippen LogP contribution in [-0.2, 0) is 0 Å². The Balaban J connectivity index is 3.89. The number of hydrogen-bond donors (Lipinski definition) is 3. The smallest absolute Gasteiger partial charge is 0.222 e. The molecule has 0 aliphatic carbocycles. The first kappa shape index (κ1) is 9.88. The third kappa shape index (κ3) is 4.73. The molecule has 62 valence electrons. The molecule has 0 rings (SSSR count). The van der Waals surface area contributed by atoms with Gasteiger partial charge in [0.1, 0.15) is 0 Å². The fourth-order valence-corrected chi connectivity index (χ4v) is 0.689. The maximum Gasteiger partial charge on any atom is 0.222 e. The predicted octanol–water partition coefficient (Wildman–Crippen LogP) is 0.423. The molecule has 3 heteroatoms. The highest BCUT2D eigenvalue weighted by atomic mass is 16.5. The summed E-state index contributed by atoms with van der Waals surface area (Å²) in [5, 5.41) is 20.9. The standard InChI is InChI=1S/C7H17NO2/c1-5-7(9,10)8-6(2,3)4/h8-10H,5H2,1-4H3. The van der Waals surface area contributed by atoms with Crippen molar-refractivity contribution in [3.8, 4) is 0 Å². The first-order chi connectivity index (χ1) is 4.27. The lowest BCUT2D eigenvalue weighted by Crippen LogP contribution is -2.53. The Labute approximate surface area is 62.1 Å². The second kappa shape index (κ2) is 2.86. The van der Waals surface area contributed by atoms with Gasteiger partial charge in [-0.3, -0.25) is 5.32 Å². The van der Waals surface area contributed by atoms with E-state index in [-0.39, 0.29) is 12.0 Å². The molecule has 0 spiro atoms. The van der Waals surface area contributed by atoms with E-state index < -0.39 is 5.91 Å². The molecule has 10 heavy (non-hydrogen) atoms. The molecule has 0 fully saturated rings. The summed E-state index contributed by atoms with van der Waals surface area (Å²) >= 11 is 0. The number of aliphatic hydroxyl groups is 2. The first-order valence-electron chi connectivity index (χ1n) is 3.51. The zero-order valence-electron chi connectivity index (χ0n) is 7.10. The fourth-order valence-electron chi connectivity index (χ4n) is 0.689. The second-order valence-electron chi connectivity index (χ2n) is 3.55. The number of nitrogens with one attached hydrogen (secondary N) is 1. The van der Waals surface area contributed by atoms with E-state index in [1.807, 2.05) is 20.8 Å². The molecule has 0 bridgehead atoms. The van der Waals surface area contributed by atoms with Crippen molar-refractivity contribution in [1.82, 2.24) is 5.32 Å². The van der Waals surface area contributed by atoms with Gasteiger partial charge in [-0.15, -0.1) is 0 Å². The summed E-state index contributed by atoms with van der Waals surface area (Å²) in [4.78, 5) is 0. The summed E-state index contributed by atoms with van der Waals surface area (Å²) in [6.07, 6.45) is 0.282. The molecule has 0 atom stereocenters. The maximum absolute atomic E-state index is 9.10. The Morgan fingerprint density at radius 2 is 1.60 bits per heavy atom. The van der Waals surface area contributed by atoms with E-state index >= 15 is 0 Å². The van der Waals surface area contributed by atoms with E-state index in [1.54, 1.807) is 6.92 Å². The molecular formula is C7H17NO2. The van der Waals surface area contributed by atoms with Gasteiger partial charge >= 0.3 is 0 Å². The normalized spacial score (nSPS) is 13.8.